The summed E-state index contributed by atoms with van der Waals surface area (Å²) in [6, 6.07) is 15.7. The first-order valence-corrected chi connectivity index (χ1v) is 7.97. The molecule has 1 heteroatoms. The third-order valence-electron chi connectivity index (χ3n) is 5.57. The standard InChI is InChI=1S/C19H22N/c1-2-6-17-15(4-1)5-3-7-18(17)16-8-9-19(14-16)10-12-20-13-11-19/h1-7,16H,8-14H2. The zero-order valence-corrected chi connectivity index (χ0v) is 12.0. The Bertz CT molecular complexity index is 605. The van der Waals surface area contributed by atoms with Gasteiger partial charge in [-0.1, -0.05) is 42.5 Å². The predicted octanol–water partition coefficient (Wildman–Crippen LogP) is 4.49. The summed E-state index contributed by atoms with van der Waals surface area (Å²) in [7, 11) is 0. The van der Waals surface area contributed by atoms with Gasteiger partial charge in [-0.15, -0.1) is 0 Å². The summed E-state index contributed by atoms with van der Waals surface area (Å²) in [5.74, 6) is 0.763. The highest BCUT2D eigenvalue weighted by atomic mass is 14.9. The molecule has 20 heavy (non-hydrogen) atoms. The van der Waals surface area contributed by atoms with Crippen molar-refractivity contribution >= 4 is 10.8 Å². The van der Waals surface area contributed by atoms with Crippen LogP contribution in [0.4, 0.5) is 0 Å². The maximum Gasteiger partial charge on any atom is 0.0138 e. The van der Waals surface area contributed by atoms with E-state index in [1.54, 1.807) is 5.56 Å². The summed E-state index contributed by atoms with van der Waals surface area (Å²) in [6.07, 6.45) is 6.82. The fourth-order valence-corrected chi connectivity index (χ4v) is 4.40. The van der Waals surface area contributed by atoms with E-state index < -0.39 is 0 Å². The van der Waals surface area contributed by atoms with Gasteiger partial charge in [-0.25, -0.2) is 5.32 Å². The van der Waals surface area contributed by atoms with Gasteiger partial charge in [-0.3, -0.25) is 0 Å². The van der Waals surface area contributed by atoms with E-state index in [1.165, 1.54) is 42.9 Å². The van der Waals surface area contributed by atoms with E-state index in [4.69, 9.17) is 0 Å². The molecule has 2 aromatic rings. The van der Waals surface area contributed by atoms with E-state index in [1.807, 2.05) is 0 Å². The Kier molecular flexibility index (Phi) is 3.03. The molecular formula is C19H22N. The maximum absolute atomic E-state index is 4.54. The number of fused-ring (bicyclic) bond motifs is 1. The van der Waals surface area contributed by atoms with E-state index in [-0.39, 0.29) is 0 Å². The molecule has 1 radical (unpaired) electrons. The largest absolute Gasteiger partial charge is 0.242 e. The quantitative estimate of drug-likeness (QED) is 0.720. The van der Waals surface area contributed by atoms with Crippen molar-refractivity contribution in [1.29, 1.82) is 0 Å². The third-order valence-corrected chi connectivity index (χ3v) is 5.57. The Balaban J connectivity index is 1.67. The molecule has 0 bridgehead atoms. The van der Waals surface area contributed by atoms with Crippen molar-refractivity contribution in [2.75, 3.05) is 13.1 Å². The van der Waals surface area contributed by atoms with Crippen LogP contribution in [-0.4, -0.2) is 13.1 Å². The van der Waals surface area contributed by atoms with Gasteiger partial charge in [0.2, 0.25) is 0 Å². The number of hydrogen-bond donors (Lipinski definition) is 0. The first kappa shape index (κ1) is 12.4. The molecule has 1 unspecified atom stereocenters. The molecule has 1 aliphatic carbocycles. The molecule has 4 rings (SSSR count). The highest BCUT2D eigenvalue weighted by Crippen LogP contribution is 2.52. The average molecular weight is 264 g/mol. The second-order valence-corrected chi connectivity index (χ2v) is 6.68. The molecule has 0 aromatic heterocycles. The molecule has 1 heterocycles. The van der Waals surface area contributed by atoms with E-state index in [0.29, 0.717) is 5.41 Å². The van der Waals surface area contributed by atoms with Crippen molar-refractivity contribution in [2.45, 2.75) is 38.0 Å². The highest BCUT2D eigenvalue weighted by molar-refractivity contribution is 5.86. The molecule has 1 saturated carbocycles. The van der Waals surface area contributed by atoms with Crippen molar-refractivity contribution in [3.63, 3.8) is 0 Å². The first-order valence-electron chi connectivity index (χ1n) is 7.97. The van der Waals surface area contributed by atoms with Gasteiger partial charge in [0.05, 0.1) is 0 Å². The van der Waals surface area contributed by atoms with E-state index in [2.05, 4.69) is 47.8 Å². The lowest BCUT2D eigenvalue weighted by Gasteiger charge is -2.33. The molecule has 1 saturated heterocycles. The summed E-state index contributed by atoms with van der Waals surface area (Å²) in [5.41, 5.74) is 2.20. The van der Waals surface area contributed by atoms with Gasteiger partial charge in [-0.2, -0.15) is 0 Å². The van der Waals surface area contributed by atoms with E-state index in [9.17, 15) is 0 Å². The molecule has 1 aliphatic heterocycles. The van der Waals surface area contributed by atoms with Gasteiger partial charge in [0.1, 0.15) is 0 Å². The summed E-state index contributed by atoms with van der Waals surface area (Å²) in [4.78, 5) is 0. The lowest BCUT2D eigenvalue weighted by molar-refractivity contribution is 0.205. The number of rotatable bonds is 1. The second-order valence-electron chi connectivity index (χ2n) is 6.68. The lowest BCUT2D eigenvalue weighted by atomic mass is 9.76. The number of benzene rings is 2. The Morgan fingerprint density at radius 2 is 1.70 bits per heavy atom. The molecule has 1 nitrogen and oxygen atoms in total. The predicted molar refractivity (Wildman–Crippen MR) is 84.1 cm³/mol. The summed E-state index contributed by atoms with van der Waals surface area (Å²) in [5, 5.41) is 7.41. The van der Waals surface area contributed by atoms with Gasteiger partial charge >= 0.3 is 0 Å². The molecule has 0 amide bonds. The van der Waals surface area contributed by atoms with Crippen LogP contribution in [0.15, 0.2) is 42.5 Å². The normalized spacial score (nSPS) is 25.3. The van der Waals surface area contributed by atoms with Crippen LogP contribution < -0.4 is 5.32 Å². The van der Waals surface area contributed by atoms with Crippen LogP contribution in [0.5, 0.6) is 0 Å². The molecule has 2 fully saturated rings. The Morgan fingerprint density at radius 3 is 2.60 bits per heavy atom. The van der Waals surface area contributed by atoms with Crippen LogP contribution in [0, 0.1) is 5.41 Å². The summed E-state index contributed by atoms with van der Waals surface area (Å²) < 4.78 is 0. The van der Waals surface area contributed by atoms with Gasteiger partial charge in [0, 0.05) is 13.1 Å². The van der Waals surface area contributed by atoms with Crippen LogP contribution >= 0.6 is 0 Å². The van der Waals surface area contributed by atoms with Gasteiger partial charge in [0.25, 0.3) is 0 Å². The van der Waals surface area contributed by atoms with Crippen molar-refractivity contribution in [3.05, 3.63) is 48.0 Å². The number of nitrogens with zero attached hydrogens (tertiary/aromatic N) is 1. The topological polar surface area (TPSA) is 14.1 Å². The minimum atomic E-state index is 0.614. The minimum absolute atomic E-state index is 0.614. The maximum atomic E-state index is 4.54. The Labute approximate surface area is 121 Å². The SMILES string of the molecule is c1ccc2c(C3CCC4(CC[N]CC4)C3)cccc2c1. The smallest absolute Gasteiger partial charge is 0.0138 e. The fraction of sp³-hybridized carbons (Fsp3) is 0.474. The zero-order valence-electron chi connectivity index (χ0n) is 12.0. The molecule has 1 atom stereocenters. The highest BCUT2D eigenvalue weighted by Gasteiger charge is 2.40. The van der Waals surface area contributed by atoms with Gasteiger partial charge in [-0.05, 0) is 59.8 Å². The van der Waals surface area contributed by atoms with Crippen LogP contribution in [-0.2, 0) is 0 Å². The number of piperidine rings is 1. The average Bonchev–Trinajstić information content (AvgIpc) is 2.91. The fourth-order valence-electron chi connectivity index (χ4n) is 4.40. The Morgan fingerprint density at radius 1 is 0.900 bits per heavy atom. The van der Waals surface area contributed by atoms with Crippen molar-refractivity contribution in [3.8, 4) is 0 Å². The van der Waals surface area contributed by atoms with Crippen molar-refractivity contribution in [1.82, 2.24) is 5.32 Å². The molecule has 0 N–H and O–H groups in total. The zero-order chi connectivity index (χ0) is 13.4. The van der Waals surface area contributed by atoms with Crippen LogP contribution in [0.25, 0.3) is 10.8 Å². The van der Waals surface area contributed by atoms with E-state index in [0.717, 1.165) is 19.0 Å². The third kappa shape index (κ3) is 2.05. The first-order chi connectivity index (χ1) is 9.86. The molecule has 2 aromatic carbocycles. The van der Waals surface area contributed by atoms with Crippen LogP contribution in [0.3, 0.4) is 0 Å². The molecule has 2 aliphatic rings. The Hall–Kier alpha value is -1.34. The lowest BCUT2D eigenvalue weighted by Crippen LogP contribution is -2.31. The molecule has 1 spiro atoms. The number of hydrogen-bond acceptors (Lipinski definition) is 0. The monoisotopic (exact) mass is 264 g/mol. The van der Waals surface area contributed by atoms with Crippen molar-refractivity contribution < 1.29 is 0 Å². The molecule has 103 valence electrons. The van der Waals surface area contributed by atoms with Crippen LogP contribution in [0.1, 0.15) is 43.6 Å². The minimum Gasteiger partial charge on any atom is -0.242 e. The molecular weight excluding hydrogens is 242 g/mol. The summed E-state index contributed by atoms with van der Waals surface area (Å²) >= 11 is 0. The van der Waals surface area contributed by atoms with Crippen molar-refractivity contribution in [2.24, 2.45) is 5.41 Å². The summed E-state index contributed by atoms with van der Waals surface area (Å²) in [6.45, 7) is 2.20. The van der Waals surface area contributed by atoms with Crippen LogP contribution in [0.2, 0.25) is 0 Å². The second kappa shape index (κ2) is 4.89. The van der Waals surface area contributed by atoms with E-state index >= 15 is 0 Å². The van der Waals surface area contributed by atoms with Gasteiger partial charge < -0.3 is 0 Å². The van der Waals surface area contributed by atoms with Gasteiger partial charge in [0.15, 0.2) is 0 Å².